The van der Waals surface area contributed by atoms with Gasteiger partial charge in [0.05, 0.1) is 23.7 Å². The third-order valence-corrected chi connectivity index (χ3v) is 4.94. The van der Waals surface area contributed by atoms with Gasteiger partial charge < -0.3 is 9.64 Å². The summed E-state index contributed by atoms with van der Waals surface area (Å²) < 4.78 is 6.98. The zero-order chi connectivity index (χ0) is 21.1. The predicted molar refractivity (Wildman–Crippen MR) is 124 cm³/mol. The molecule has 1 heterocycles. The van der Waals surface area contributed by atoms with Gasteiger partial charge in [0.25, 0.3) is 5.56 Å². The first-order valence-corrected chi connectivity index (χ1v) is 9.69. The second kappa shape index (κ2) is 8.25. The molecule has 0 aliphatic rings. The lowest BCUT2D eigenvalue weighted by molar-refractivity contribution is 0.414. The van der Waals surface area contributed by atoms with Crippen LogP contribution in [-0.2, 0) is 0 Å². The number of ether oxygens (including phenoxy) is 1. The summed E-state index contributed by atoms with van der Waals surface area (Å²) >= 11 is 0. The SMILES string of the molecule is COc1cccc(-n2c(/C=C/c3ccccc3N(C)C)nc3ccccc3c2=O)c1. The number of aromatic nitrogens is 2. The van der Waals surface area contributed by atoms with Crippen LogP contribution in [0.4, 0.5) is 5.69 Å². The molecule has 150 valence electrons. The van der Waals surface area contributed by atoms with E-state index in [1.165, 1.54) is 0 Å². The average molecular weight is 397 g/mol. The summed E-state index contributed by atoms with van der Waals surface area (Å²) in [5.74, 6) is 1.24. The number of rotatable bonds is 5. The van der Waals surface area contributed by atoms with E-state index in [9.17, 15) is 4.79 Å². The molecule has 5 nitrogen and oxygen atoms in total. The van der Waals surface area contributed by atoms with Gasteiger partial charge in [-0.1, -0.05) is 36.4 Å². The molecule has 1 aromatic heterocycles. The molecule has 0 radical (unpaired) electrons. The van der Waals surface area contributed by atoms with Gasteiger partial charge in [-0.25, -0.2) is 4.98 Å². The van der Waals surface area contributed by atoms with Gasteiger partial charge in [0.2, 0.25) is 0 Å². The molecular weight excluding hydrogens is 374 g/mol. The topological polar surface area (TPSA) is 47.4 Å². The third-order valence-electron chi connectivity index (χ3n) is 4.94. The number of hydrogen-bond acceptors (Lipinski definition) is 4. The van der Waals surface area contributed by atoms with Crippen LogP contribution < -0.4 is 15.2 Å². The number of para-hydroxylation sites is 2. The summed E-state index contributed by atoms with van der Waals surface area (Å²) in [6.07, 6.45) is 3.87. The Labute approximate surface area is 175 Å². The van der Waals surface area contributed by atoms with Crippen molar-refractivity contribution in [3.63, 3.8) is 0 Å². The lowest BCUT2D eigenvalue weighted by atomic mass is 10.1. The summed E-state index contributed by atoms with van der Waals surface area (Å²) in [6, 6.07) is 22.9. The first-order valence-electron chi connectivity index (χ1n) is 9.69. The van der Waals surface area contributed by atoms with Gasteiger partial charge in [0.1, 0.15) is 11.6 Å². The lowest BCUT2D eigenvalue weighted by Crippen LogP contribution is -2.22. The molecule has 30 heavy (non-hydrogen) atoms. The van der Waals surface area contributed by atoms with Crippen molar-refractivity contribution in [3.05, 3.63) is 94.5 Å². The molecule has 0 aliphatic heterocycles. The molecule has 0 atom stereocenters. The fourth-order valence-corrected chi connectivity index (χ4v) is 3.46. The second-order valence-electron chi connectivity index (χ2n) is 7.12. The van der Waals surface area contributed by atoms with Gasteiger partial charge in [-0.2, -0.15) is 0 Å². The predicted octanol–water partition coefficient (Wildman–Crippen LogP) is 4.63. The Morgan fingerprint density at radius 2 is 1.70 bits per heavy atom. The molecule has 0 unspecified atom stereocenters. The fourth-order valence-electron chi connectivity index (χ4n) is 3.46. The van der Waals surface area contributed by atoms with Crippen molar-refractivity contribution in [1.82, 2.24) is 9.55 Å². The van der Waals surface area contributed by atoms with Crippen LogP contribution in [-0.4, -0.2) is 30.8 Å². The molecule has 3 aromatic carbocycles. The Morgan fingerprint density at radius 1 is 0.933 bits per heavy atom. The van der Waals surface area contributed by atoms with Crippen molar-refractivity contribution in [2.75, 3.05) is 26.1 Å². The van der Waals surface area contributed by atoms with Gasteiger partial charge in [-0.05, 0) is 48.0 Å². The summed E-state index contributed by atoms with van der Waals surface area (Å²) in [7, 11) is 5.62. The van der Waals surface area contributed by atoms with Crippen LogP contribution in [0.15, 0.2) is 77.6 Å². The molecule has 0 amide bonds. The van der Waals surface area contributed by atoms with Crippen molar-refractivity contribution in [2.24, 2.45) is 0 Å². The van der Waals surface area contributed by atoms with Crippen LogP contribution in [0.25, 0.3) is 28.7 Å². The van der Waals surface area contributed by atoms with E-state index >= 15 is 0 Å². The first-order chi connectivity index (χ1) is 14.6. The molecule has 5 heteroatoms. The van der Waals surface area contributed by atoms with Gasteiger partial charge in [-0.15, -0.1) is 0 Å². The van der Waals surface area contributed by atoms with Gasteiger partial charge in [-0.3, -0.25) is 9.36 Å². The number of fused-ring (bicyclic) bond motifs is 1. The van der Waals surface area contributed by atoms with Crippen LogP contribution in [0.2, 0.25) is 0 Å². The Morgan fingerprint density at radius 3 is 2.50 bits per heavy atom. The van der Waals surface area contributed by atoms with E-state index < -0.39 is 0 Å². The molecule has 0 N–H and O–H groups in total. The molecular formula is C25H23N3O2. The Kier molecular flexibility index (Phi) is 5.35. The van der Waals surface area contributed by atoms with E-state index in [2.05, 4.69) is 11.0 Å². The van der Waals surface area contributed by atoms with Crippen LogP contribution >= 0.6 is 0 Å². The molecule has 4 aromatic rings. The average Bonchev–Trinajstić information content (AvgIpc) is 2.78. The maximum atomic E-state index is 13.4. The number of anilines is 1. The smallest absolute Gasteiger partial charge is 0.266 e. The zero-order valence-electron chi connectivity index (χ0n) is 17.2. The fraction of sp³-hybridized carbons (Fsp3) is 0.120. The maximum absolute atomic E-state index is 13.4. The van der Waals surface area contributed by atoms with Crippen molar-refractivity contribution in [2.45, 2.75) is 0 Å². The van der Waals surface area contributed by atoms with Crippen LogP contribution in [0.3, 0.4) is 0 Å². The van der Waals surface area contributed by atoms with E-state index in [4.69, 9.17) is 9.72 Å². The highest BCUT2D eigenvalue weighted by molar-refractivity contribution is 5.81. The molecule has 0 bridgehead atoms. The van der Waals surface area contributed by atoms with E-state index in [-0.39, 0.29) is 5.56 Å². The van der Waals surface area contributed by atoms with Crippen LogP contribution in [0.1, 0.15) is 11.4 Å². The summed E-state index contributed by atoms with van der Waals surface area (Å²) in [5, 5.41) is 0.575. The number of nitrogens with zero attached hydrogens (tertiary/aromatic N) is 3. The second-order valence-corrected chi connectivity index (χ2v) is 7.12. The normalized spacial score (nSPS) is 11.2. The van der Waals surface area contributed by atoms with Crippen LogP contribution in [0, 0.1) is 0 Å². The highest BCUT2D eigenvalue weighted by Gasteiger charge is 2.12. The van der Waals surface area contributed by atoms with Gasteiger partial charge in [0.15, 0.2) is 0 Å². The Hall–Kier alpha value is -3.86. The first kappa shape index (κ1) is 19.5. The number of methoxy groups -OCH3 is 1. The molecule has 0 saturated carbocycles. The van der Waals surface area contributed by atoms with Crippen molar-refractivity contribution < 1.29 is 4.74 Å². The summed E-state index contributed by atoms with van der Waals surface area (Å²) in [6.45, 7) is 0. The minimum Gasteiger partial charge on any atom is -0.497 e. The van der Waals surface area contributed by atoms with Gasteiger partial charge >= 0.3 is 0 Å². The van der Waals surface area contributed by atoms with E-state index in [1.54, 1.807) is 17.7 Å². The van der Waals surface area contributed by atoms with Crippen LogP contribution in [0.5, 0.6) is 5.75 Å². The Balaban J connectivity index is 1.94. The zero-order valence-corrected chi connectivity index (χ0v) is 17.2. The quantitative estimate of drug-likeness (QED) is 0.493. The largest absolute Gasteiger partial charge is 0.497 e. The molecule has 0 aliphatic carbocycles. The number of hydrogen-bond donors (Lipinski definition) is 0. The lowest BCUT2D eigenvalue weighted by Gasteiger charge is -2.15. The van der Waals surface area contributed by atoms with E-state index in [0.29, 0.717) is 28.2 Å². The minimum atomic E-state index is -0.116. The molecule has 0 spiro atoms. The van der Waals surface area contributed by atoms with Crippen molar-refractivity contribution in [3.8, 4) is 11.4 Å². The third kappa shape index (κ3) is 3.70. The maximum Gasteiger partial charge on any atom is 0.266 e. The highest BCUT2D eigenvalue weighted by atomic mass is 16.5. The monoisotopic (exact) mass is 397 g/mol. The standard InChI is InChI=1S/C25H23N3O2/c1-27(2)23-14-7-4-9-18(23)15-16-24-26-22-13-6-5-12-21(22)25(29)28(24)19-10-8-11-20(17-19)30-3/h4-17H,1-3H3/b16-15+. The minimum absolute atomic E-state index is 0.116. The summed E-state index contributed by atoms with van der Waals surface area (Å²) in [5.41, 5.74) is 3.39. The Bertz CT molecular complexity index is 1290. The van der Waals surface area contributed by atoms with Crippen molar-refractivity contribution in [1.29, 1.82) is 0 Å². The molecule has 0 saturated heterocycles. The number of benzene rings is 3. The molecule has 0 fully saturated rings. The van der Waals surface area contributed by atoms with Crippen molar-refractivity contribution >= 4 is 28.7 Å². The highest BCUT2D eigenvalue weighted by Crippen LogP contribution is 2.22. The van der Waals surface area contributed by atoms with Gasteiger partial charge in [0, 0.05) is 25.8 Å². The summed E-state index contributed by atoms with van der Waals surface area (Å²) in [4.78, 5) is 20.2. The van der Waals surface area contributed by atoms with E-state index in [0.717, 1.165) is 11.3 Å². The molecule has 4 rings (SSSR count). The van der Waals surface area contributed by atoms with E-state index in [1.807, 2.05) is 86.9 Å².